The van der Waals surface area contributed by atoms with Gasteiger partial charge in [0.2, 0.25) is 5.91 Å². The van der Waals surface area contributed by atoms with Crippen molar-refractivity contribution in [3.63, 3.8) is 0 Å². The third-order valence-corrected chi connectivity index (χ3v) is 3.78. The van der Waals surface area contributed by atoms with Gasteiger partial charge in [-0.25, -0.2) is 0 Å². The lowest BCUT2D eigenvalue weighted by molar-refractivity contribution is -0.127. The highest BCUT2D eigenvalue weighted by atomic mass is 16.5. The molecule has 1 aromatic rings. The standard InChI is InChI=1S/C16H24N2O2/c1-12-9-14(6-7-15(12)20-3)10-17-13(2)11-18-8-4-5-16(18)19/h6-7,9,13,17H,4-5,8,10-11H2,1-3H3. The average Bonchev–Trinajstić information content (AvgIpc) is 2.82. The first-order valence-electron chi connectivity index (χ1n) is 7.25. The zero-order chi connectivity index (χ0) is 14.5. The number of benzene rings is 1. The van der Waals surface area contributed by atoms with Gasteiger partial charge in [0, 0.05) is 32.1 Å². The molecule has 0 spiro atoms. The highest BCUT2D eigenvalue weighted by Crippen LogP contribution is 2.18. The first kappa shape index (κ1) is 14.9. The molecule has 1 atom stereocenters. The van der Waals surface area contributed by atoms with Crippen molar-refractivity contribution >= 4 is 5.91 Å². The molecule has 1 fully saturated rings. The number of hydrogen-bond donors (Lipinski definition) is 1. The normalized spacial score (nSPS) is 16.6. The number of nitrogens with one attached hydrogen (secondary N) is 1. The molecule has 0 bridgehead atoms. The van der Waals surface area contributed by atoms with Crippen LogP contribution in [0.2, 0.25) is 0 Å². The molecule has 0 radical (unpaired) electrons. The Morgan fingerprint density at radius 3 is 2.85 bits per heavy atom. The van der Waals surface area contributed by atoms with E-state index >= 15 is 0 Å². The molecule has 1 aliphatic rings. The molecule has 1 aliphatic heterocycles. The molecule has 110 valence electrons. The van der Waals surface area contributed by atoms with Crippen LogP contribution in [-0.2, 0) is 11.3 Å². The van der Waals surface area contributed by atoms with Crippen LogP contribution in [-0.4, -0.2) is 37.0 Å². The van der Waals surface area contributed by atoms with Crippen molar-refractivity contribution in [2.45, 2.75) is 39.3 Å². The van der Waals surface area contributed by atoms with Crippen LogP contribution in [0.4, 0.5) is 0 Å². The third kappa shape index (κ3) is 3.73. The van der Waals surface area contributed by atoms with Crippen LogP contribution < -0.4 is 10.1 Å². The average molecular weight is 276 g/mol. The Labute approximate surface area is 121 Å². The summed E-state index contributed by atoms with van der Waals surface area (Å²) in [6, 6.07) is 6.52. The van der Waals surface area contributed by atoms with Gasteiger partial charge in [-0.3, -0.25) is 4.79 Å². The van der Waals surface area contributed by atoms with Crippen molar-refractivity contribution in [1.29, 1.82) is 0 Å². The molecule has 1 aromatic carbocycles. The number of carbonyl (C=O) groups excluding carboxylic acids is 1. The summed E-state index contributed by atoms with van der Waals surface area (Å²) < 4.78 is 5.26. The van der Waals surface area contributed by atoms with Crippen LogP contribution in [0.25, 0.3) is 0 Å². The van der Waals surface area contributed by atoms with E-state index in [1.54, 1.807) is 7.11 Å². The van der Waals surface area contributed by atoms with E-state index in [1.165, 1.54) is 5.56 Å². The van der Waals surface area contributed by atoms with E-state index in [2.05, 4.69) is 31.3 Å². The molecule has 2 rings (SSSR count). The number of amides is 1. The number of carbonyl (C=O) groups is 1. The van der Waals surface area contributed by atoms with E-state index in [9.17, 15) is 4.79 Å². The van der Waals surface area contributed by atoms with Crippen LogP contribution in [0.5, 0.6) is 5.75 Å². The van der Waals surface area contributed by atoms with E-state index in [4.69, 9.17) is 4.74 Å². The second-order valence-corrected chi connectivity index (χ2v) is 5.53. The lowest BCUT2D eigenvalue weighted by Crippen LogP contribution is -2.39. The summed E-state index contributed by atoms with van der Waals surface area (Å²) in [6.07, 6.45) is 1.72. The minimum Gasteiger partial charge on any atom is -0.496 e. The number of likely N-dealkylation sites (tertiary alicyclic amines) is 1. The molecule has 0 aromatic heterocycles. The van der Waals surface area contributed by atoms with Crippen molar-refractivity contribution in [2.75, 3.05) is 20.2 Å². The molecule has 4 nitrogen and oxygen atoms in total. The number of aryl methyl sites for hydroxylation is 1. The largest absolute Gasteiger partial charge is 0.496 e. The Hall–Kier alpha value is -1.55. The van der Waals surface area contributed by atoms with Gasteiger partial charge >= 0.3 is 0 Å². The van der Waals surface area contributed by atoms with Crippen LogP contribution in [0.1, 0.15) is 30.9 Å². The van der Waals surface area contributed by atoms with Crippen molar-refractivity contribution in [3.05, 3.63) is 29.3 Å². The Balaban J connectivity index is 1.82. The van der Waals surface area contributed by atoms with Crippen molar-refractivity contribution in [2.24, 2.45) is 0 Å². The molecule has 1 heterocycles. The zero-order valence-electron chi connectivity index (χ0n) is 12.6. The maximum atomic E-state index is 11.6. The molecular formula is C16H24N2O2. The monoisotopic (exact) mass is 276 g/mol. The number of methoxy groups -OCH3 is 1. The molecule has 1 N–H and O–H groups in total. The van der Waals surface area contributed by atoms with Crippen molar-refractivity contribution in [1.82, 2.24) is 10.2 Å². The second-order valence-electron chi connectivity index (χ2n) is 5.53. The molecule has 1 unspecified atom stereocenters. The number of ether oxygens (including phenoxy) is 1. The van der Waals surface area contributed by atoms with Gasteiger partial charge in [-0.1, -0.05) is 12.1 Å². The summed E-state index contributed by atoms with van der Waals surface area (Å²) in [5, 5.41) is 3.48. The maximum Gasteiger partial charge on any atom is 0.222 e. The lowest BCUT2D eigenvalue weighted by atomic mass is 10.1. The minimum absolute atomic E-state index is 0.291. The molecule has 0 aliphatic carbocycles. The Morgan fingerprint density at radius 1 is 1.45 bits per heavy atom. The van der Waals surface area contributed by atoms with Gasteiger partial charge in [0.25, 0.3) is 0 Å². The van der Waals surface area contributed by atoms with Gasteiger partial charge in [0.05, 0.1) is 7.11 Å². The van der Waals surface area contributed by atoms with Crippen LogP contribution in [0.15, 0.2) is 18.2 Å². The Bertz CT molecular complexity index is 474. The van der Waals surface area contributed by atoms with Crippen LogP contribution >= 0.6 is 0 Å². The minimum atomic E-state index is 0.291. The summed E-state index contributed by atoms with van der Waals surface area (Å²) in [5.74, 6) is 1.21. The third-order valence-electron chi connectivity index (χ3n) is 3.78. The van der Waals surface area contributed by atoms with Crippen LogP contribution in [0, 0.1) is 6.92 Å². The number of rotatable bonds is 6. The van der Waals surface area contributed by atoms with Gasteiger partial charge in [-0.05, 0) is 37.5 Å². The van der Waals surface area contributed by atoms with Gasteiger partial charge in [-0.2, -0.15) is 0 Å². The smallest absolute Gasteiger partial charge is 0.222 e. The molecule has 0 saturated carbocycles. The van der Waals surface area contributed by atoms with E-state index in [1.807, 2.05) is 11.0 Å². The van der Waals surface area contributed by atoms with Crippen molar-refractivity contribution < 1.29 is 9.53 Å². The molecular weight excluding hydrogens is 252 g/mol. The summed E-state index contributed by atoms with van der Waals surface area (Å²) >= 11 is 0. The second kappa shape index (κ2) is 6.75. The highest BCUT2D eigenvalue weighted by Gasteiger charge is 2.21. The fourth-order valence-electron chi connectivity index (χ4n) is 2.63. The summed E-state index contributed by atoms with van der Waals surface area (Å²) in [7, 11) is 1.69. The summed E-state index contributed by atoms with van der Waals surface area (Å²) in [6.45, 7) is 6.70. The van der Waals surface area contributed by atoms with E-state index in [-0.39, 0.29) is 0 Å². The van der Waals surface area contributed by atoms with E-state index in [0.29, 0.717) is 18.4 Å². The number of nitrogens with zero attached hydrogens (tertiary/aromatic N) is 1. The molecule has 20 heavy (non-hydrogen) atoms. The first-order valence-corrected chi connectivity index (χ1v) is 7.25. The summed E-state index contributed by atoms with van der Waals surface area (Å²) in [4.78, 5) is 13.5. The fraction of sp³-hybridized carbons (Fsp3) is 0.562. The Morgan fingerprint density at radius 2 is 2.25 bits per heavy atom. The predicted molar refractivity (Wildman–Crippen MR) is 79.8 cm³/mol. The first-order chi connectivity index (χ1) is 9.60. The fourth-order valence-corrected chi connectivity index (χ4v) is 2.63. The molecule has 1 saturated heterocycles. The van der Waals surface area contributed by atoms with E-state index < -0.39 is 0 Å². The molecule has 1 amide bonds. The Kier molecular flexibility index (Phi) is 5.01. The van der Waals surface area contributed by atoms with Crippen molar-refractivity contribution in [3.8, 4) is 5.75 Å². The van der Waals surface area contributed by atoms with Gasteiger partial charge in [-0.15, -0.1) is 0 Å². The predicted octanol–water partition coefficient (Wildman–Crippen LogP) is 2.10. The lowest BCUT2D eigenvalue weighted by Gasteiger charge is -2.22. The summed E-state index contributed by atoms with van der Waals surface area (Å²) in [5.41, 5.74) is 2.39. The topological polar surface area (TPSA) is 41.6 Å². The quantitative estimate of drug-likeness (QED) is 0.865. The van der Waals surface area contributed by atoms with Gasteiger partial charge < -0.3 is 15.0 Å². The van der Waals surface area contributed by atoms with Gasteiger partial charge in [0.1, 0.15) is 5.75 Å². The SMILES string of the molecule is COc1ccc(CNC(C)CN2CCCC2=O)cc1C. The highest BCUT2D eigenvalue weighted by molar-refractivity contribution is 5.78. The zero-order valence-corrected chi connectivity index (χ0v) is 12.6. The van der Waals surface area contributed by atoms with Gasteiger partial charge in [0.15, 0.2) is 0 Å². The van der Waals surface area contributed by atoms with Crippen LogP contribution in [0.3, 0.4) is 0 Å². The maximum absolute atomic E-state index is 11.6. The number of hydrogen-bond acceptors (Lipinski definition) is 3. The molecule has 4 heteroatoms. The van der Waals surface area contributed by atoms with E-state index in [0.717, 1.165) is 37.4 Å².